The van der Waals surface area contributed by atoms with E-state index in [1.54, 1.807) is 22.9 Å². The first-order valence-electron chi connectivity index (χ1n) is 6.27. The molecule has 0 amide bonds. The fourth-order valence-electron chi connectivity index (χ4n) is 2.03. The summed E-state index contributed by atoms with van der Waals surface area (Å²) in [5, 5.41) is 0.511. The summed E-state index contributed by atoms with van der Waals surface area (Å²) in [6.45, 7) is 5.95. The third kappa shape index (κ3) is 2.89. The Labute approximate surface area is 128 Å². The van der Waals surface area contributed by atoms with E-state index in [1.165, 1.54) is 6.20 Å². The quantitative estimate of drug-likeness (QED) is 0.784. The van der Waals surface area contributed by atoms with Gasteiger partial charge in [0.15, 0.2) is 0 Å². The van der Waals surface area contributed by atoms with Gasteiger partial charge in [-0.15, -0.1) is 11.6 Å². The van der Waals surface area contributed by atoms with Crippen LogP contribution in [0.1, 0.15) is 26.3 Å². The molecule has 3 nitrogen and oxygen atoms in total. The number of aromatic nitrogens is 2. The summed E-state index contributed by atoms with van der Waals surface area (Å²) in [4.78, 5) is 16.9. The standard InChI is InChI=1S/C15H16Cl2N2O/c1-15(2,3)19-6-4-5-12(14(19)20)13-10(8-16)7-11(17)9-18-13/h4-7,9H,8H2,1-3H3. The molecule has 2 heterocycles. The molecule has 106 valence electrons. The second-order valence-corrected chi connectivity index (χ2v) is 6.27. The maximum absolute atomic E-state index is 12.6. The van der Waals surface area contributed by atoms with Crippen LogP contribution in [-0.4, -0.2) is 9.55 Å². The van der Waals surface area contributed by atoms with Gasteiger partial charge >= 0.3 is 0 Å². The minimum atomic E-state index is -0.291. The molecule has 0 spiro atoms. The Kier molecular flexibility index (Phi) is 4.21. The summed E-state index contributed by atoms with van der Waals surface area (Å²) in [5.41, 5.74) is 1.51. The predicted molar refractivity (Wildman–Crippen MR) is 83.5 cm³/mol. The van der Waals surface area contributed by atoms with Gasteiger partial charge < -0.3 is 4.57 Å². The van der Waals surface area contributed by atoms with Crippen molar-refractivity contribution in [1.82, 2.24) is 9.55 Å². The Morgan fingerprint density at radius 1 is 1.35 bits per heavy atom. The highest BCUT2D eigenvalue weighted by Gasteiger charge is 2.18. The van der Waals surface area contributed by atoms with E-state index in [1.807, 2.05) is 26.8 Å². The van der Waals surface area contributed by atoms with Gasteiger partial charge in [0, 0.05) is 23.8 Å². The van der Waals surface area contributed by atoms with Gasteiger partial charge in [-0.2, -0.15) is 0 Å². The van der Waals surface area contributed by atoms with E-state index in [0.29, 0.717) is 16.3 Å². The van der Waals surface area contributed by atoms with Gasteiger partial charge in [-0.3, -0.25) is 9.78 Å². The Morgan fingerprint density at radius 2 is 2.05 bits per heavy atom. The van der Waals surface area contributed by atoms with Crippen LogP contribution in [-0.2, 0) is 11.4 Å². The highest BCUT2D eigenvalue weighted by Crippen LogP contribution is 2.23. The summed E-state index contributed by atoms with van der Waals surface area (Å²) in [5.74, 6) is 0.257. The van der Waals surface area contributed by atoms with Crippen molar-refractivity contribution < 1.29 is 0 Å². The zero-order valence-corrected chi connectivity index (χ0v) is 13.2. The molecule has 0 bridgehead atoms. The molecule has 0 aliphatic rings. The molecule has 0 aliphatic carbocycles. The zero-order chi connectivity index (χ0) is 14.9. The summed E-state index contributed by atoms with van der Waals surface area (Å²) < 4.78 is 1.69. The lowest BCUT2D eigenvalue weighted by Gasteiger charge is -2.23. The largest absolute Gasteiger partial charge is 0.310 e. The van der Waals surface area contributed by atoms with E-state index >= 15 is 0 Å². The van der Waals surface area contributed by atoms with Crippen molar-refractivity contribution in [2.24, 2.45) is 0 Å². The monoisotopic (exact) mass is 310 g/mol. The molecule has 0 N–H and O–H groups in total. The molecular weight excluding hydrogens is 295 g/mol. The molecule has 5 heteroatoms. The van der Waals surface area contributed by atoms with Gasteiger partial charge in [0.05, 0.1) is 16.3 Å². The zero-order valence-electron chi connectivity index (χ0n) is 11.7. The van der Waals surface area contributed by atoms with Gasteiger partial charge in [0.25, 0.3) is 5.56 Å². The van der Waals surface area contributed by atoms with E-state index in [2.05, 4.69) is 4.98 Å². The lowest BCUT2D eigenvalue weighted by molar-refractivity contribution is 0.385. The summed E-state index contributed by atoms with van der Waals surface area (Å²) in [6, 6.07) is 5.35. The van der Waals surface area contributed by atoms with Crippen LogP contribution in [0.25, 0.3) is 11.3 Å². The predicted octanol–water partition coefficient (Wildman–Crippen LogP) is 4.06. The highest BCUT2D eigenvalue weighted by molar-refractivity contribution is 6.30. The second kappa shape index (κ2) is 5.58. The molecule has 0 fully saturated rings. The summed E-state index contributed by atoms with van der Waals surface area (Å²) in [7, 11) is 0. The van der Waals surface area contributed by atoms with Crippen LogP contribution in [0.4, 0.5) is 0 Å². The lowest BCUT2D eigenvalue weighted by atomic mass is 10.1. The summed E-state index contributed by atoms with van der Waals surface area (Å²) >= 11 is 11.9. The number of hydrogen-bond acceptors (Lipinski definition) is 2. The van der Waals surface area contributed by atoms with Crippen LogP contribution >= 0.6 is 23.2 Å². The Balaban J connectivity index is 2.69. The van der Waals surface area contributed by atoms with Gasteiger partial charge in [0.1, 0.15) is 0 Å². The minimum absolute atomic E-state index is 0.0822. The topological polar surface area (TPSA) is 34.9 Å². The SMILES string of the molecule is CC(C)(C)n1cccc(-c2ncc(Cl)cc2CCl)c1=O. The lowest BCUT2D eigenvalue weighted by Crippen LogP contribution is -2.34. The number of rotatable bonds is 2. The Morgan fingerprint density at radius 3 is 2.65 bits per heavy atom. The highest BCUT2D eigenvalue weighted by atomic mass is 35.5. The second-order valence-electron chi connectivity index (χ2n) is 5.56. The average molecular weight is 311 g/mol. The van der Waals surface area contributed by atoms with Crippen molar-refractivity contribution in [1.29, 1.82) is 0 Å². The molecule has 0 unspecified atom stereocenters. The van der Waals surface area contributed by atoms with Gasteiger partial charge in [0.2, 0.25) is 0 Å². The molecule has 2 aromatic rings. The molecule has 0 atom stereocenters. The fourth-order valence-corrected chi connectivity index (χ4v) is 2.41. The molecule has 0 radical (unpaired) electrons. The number of nitrogens with zero attached hydrogens (tertiary/aromatic N) is 2. The Bertz CT molecular complexity index is 687. The average Bonchev–Trinajstić information content (AvgIpc) is 2.38. The molecule has 0 saturated carbocycles. The third-order valence-electron chi connectivity index (χ3n) is 3.00. The number of pyridine rings is 2. The van der Waals surface area contributed by atoms with Crippen LogP contribution in [0, 0.1) is 0 Å². The number of halogens is 2. The van der Waals surface area contributed by atoms with E-state index < -0.39 is 0 Å². The first-order valence-corrected chi connectivity index (χ1v) is 7.18. The van der Waals surface area contributed by atoms with Crippen LogP contribution in [0.3, 0.4) is 0 Å². The van der Waals surface area contributed by atoms with Crippen molar-refractivity contribution in [3.63, 3.8) is 0 Å². The van der Waals surface area contributed by atoms with Crippen molar-refractivity contribution in [3.8, 4) is 11.3 Å². The third-order valence-corrected chi connectivity index (χ3v) is 3.50. The van der Waals surface area contributed by atoms with Crippen LogP contribution < -0.4 is 5.56 Å². The molecule has 2 rings (SSSR count). The van der Waals surface area contributed by atoms with E-state index in [4.69, 9.17) is 23.2 Å². The first-order chi connectivity index (χ1) is 9.34. The maximum Gasteiger partial charge on any atom is 0.260 e. The molecule has 2 aromatic heterocycles. The van der Waals surface area contributed by atoms with Crippen molar-refractivity contribution in [3.05, 3.63) is 51.5 Å². The first kappa shape index (κ1) is 15.1. The van der Waals surface area contributed by atoms with Crippen molar-refractivity contribution >= 4 is 23.2 Å². The van der Waals surface area contributed by atoms with Crippen LogP contribution in [0.15, 0.2) is 35.4 Å². The van der Waals surface area contributed by atoms with Crippen LogP contribution in [0.2, 0.25) is 5.02 Å². The molecule has 0 aromatic carbocycles. The maximum atomic E-state index is 12.6. The fraction of sp³-hybridized carbons (Fsp3) is 0.333. The van der Waals surface area contributed by atoms with Gasteiger partial charge in [-0.25, -0.2) is 0 Å². The van der Waals surface area contributed by atoms with Crippen molar-refractivity contribution in [2.75, 3.05) is 0 Å². The smallest absolute Gasteiger partial charge is 0.260 e. The molecule has 20 heavy (non-hydrogen) atoms. The normalized spacial score (nSPS) is 11.7. The minimum Gasteiger partial charge on any atom is -0.310 e. The van der Waals surface area contributed by atoms with Crippen molar-refractivity contribution in [2.45, 2.75) is 32.2 Å². The van der Waals surface area contributed by atoms with E-state index in [-0.39, 0.29) is 17.0 Å². The number of alkyl halides is 1. The molecule has 0 saturated heterocycles. The van der Waals surface area contributed by atoms with Crippen LogP contribution in [0.5, 0.6) is 0 Å². The van der Waals surface area contributed by atoms with E-state index in [9.17, 15) is 4.79 Å². The van der Waals surface area contributed by atoms with Gasteiger partial charge in [-0.1, -0.05) is 11.6 Å². The van der Waals surface area contributed by atoms with E-state index in [0.717, 1.165) is 5.56 Å². The number of hydrogen-bond donors (Lipinski definition) is 0. The molecular formula is C15H16Cl2N2O. The Hall–Kier alpha value is -1.32. The molecule has 0 aliphatic heterocycles. The van der Waals surface area contributed by atoms with Gasteiger partial charge in [-0.05, 0) is 44.5 Å². The summed E-state index contributed by atoms with van der Waals surface area (Å²) in [6.07, 6.45) is 3.31.